The molecular weight excluding hydrogens is 433 g/mol. The third kappa shape index (κ3) is 4.68. The van der Waals surface area contributed by atoms with Crippen molar-refractivity contribution in [2.75, 3.05) is 26.3 Å². The molecule has 1 aliphatic carbocycles. The number of tetrazole rings is 1. The molecule has 0 unspecified atom stereocenters. The van der Waals surface area contributed by atoms with Gasteiger partial charge in [0.15, 0.2) is 5.82 Å². The van der Waals surface area contributed by atoms with Crippen molar-refractivity contribution < 1.29 is 4.74 Å². The summed E-state index contributed by atoms with van der Waals surface area (Å²) in [4.78, 5) is 2.55. The van der Waals surface area contributed by atoms with Gasteiger partial charge in [-0.05, 0) is 46.4 Å². The average molecular weight is 464 g/mol. The number of morpholine rings is 1. The minimum atomic E-state index is -0.122. The number of allylic oxidation sites excluding steroid dienone is 1. The Bertz CT molecular complexity index is 924. The van der Waals surface area contributed by atoms with Crippen molar-refractivity contribution in [3.63, 3.8) is 0 Å². The molecule has 0 N–H and O–H groups in total. The maximum atomic E-state index is 6.41. The Hall–Kier alpha value is -1.47. The topological polar surface area (TPSA) is 56.1 Å². The summed E-state index contributed by atoms with van der Waals surface area (Å²) in [5.74, 6) is 0.971. The summed E-state index contributed by atoms with van der Waals surface area (Å²) in [5, 5.41) is 14.5. The second-order valence-corrected chi connectivity index (χ2v) is 10.5. The molecule has 1 aromatic carbocycles. The van der Waals surface area contributed by atoms with E-state index >= 15 is 0 Å². The molecular formula is C23H31Cl2N5O. The van der Waals surface area contributed by atoms with Gasteiger partial charge in [0.1, 0.15) is 0 Å². The molecule has 8 heteroatoms. The molecule has 2 fully saturated rings. The lowest BCUT2D eigenvalue weighted by atomic mass is 9.85. The SMILES string of the molecule is CC(C)(C)[C@@H](C=Cc1ccc(Cl)cc1Cl)n1nnnc1C1(N2CCOCC2)CCCC1. The third-order valence-corrected chi connectivity index (χ3v) is 7.09. The maximum Gasteiger partial charge on any atom is 0.172 e. The lowest BCUT2D eigenvalue weighted by molar-refractivity contribution is -0.0291. The van der Waals surface area contributed by atoms with Crippen LogP contribution >= 0.6 is 23.2 Å². The van der Waals surface area contributed by atoms with E-state index in [0.717, 1.165) is 50.5 Å². The monoisotopic (exact) mass is 463 g/mol. The zero-order valence-electron chi connectivity index (χ0n) is 18.5. The summed E-state index contributed by atoms with van der Waals surface area (Å²) in [7, 11) is 0. The van der Waals surface area contributed by atoms with E-state index in [1.54, 1.807) is 6.07 Å². The fraction of sp³-hybridized carbons (Fsp3) is 0.609. The highest BCUT2D eigenvalue weighted by atomic mass is 35.5. The van der Waals surface area contributed by atoms with Crippen LogP contribution in [0.2, 0.25) is 10.0 Å². The van der Waals surface area contributed by atoms with Gasteiger partial charge in [-0.3, -0.25) is 4.90 Å². The van der Waals surface area contributed by atoms with Crippen LogP contribution in [0.15, 0.2) is 24.3 Å². The van der Waals surface area contributed by atoms with Crippen molar-refractivity contribution in [2.24, 2.45) is 5.41 Å². The van der Waals surface area contributed by atoms with E-state index in [1.165, 1.54) is 12.8 Å². The van der Waals surface area contributed by atoms with Gasteiger partial charge in [0.2, 0.25) is 0 Å². The summed E-state index contributed by atoms with van der Waals surface area (Å²) in [6.45, 7) is 10.0. The van der Waals surface area contributed by atoms with Gasteiger partial charge in [0, 0.05) is 23.1 Å². The van der Waals surface area contributed by atoms with Gasteiger partial charge in [-0.25, -0.2) is 4.68 Å². The molecule has 1 aromatic heterocycles. The predicted molar refractivity (Wildman–Crippen MR) is 124 cm³/mol. The first-order chi connectivity index (χ1) is 14.8. The smallest absolute Gasteiger partial charge is 0.172 e. The molecule has 1 atom stereocenters. The first-order valence-electron chi connectivity index (χ1n) is 11.1. The van der Waals surface area contributed by atoms with E-state index in [1.807, 2.05) is 16.8 Å². The summed E-state index contributed by atoms with van der Waals surface area (Å²) >= 11 is 12.5. The molecule has 0 spiro atoms. The molecule has 1 saturated heterocycles. The van der Waals surface area contributed by atoms with E-state index < -0.39 is 0 Å². The van der Waals surface area contributed by atoms with Crippen LogP contribution in [0.25, 0.3) is 6.08 Å². The Morgan fingerprint density at radius 2 is 1.84 bits per heavy atom. The van der Waals surface area contributed by atoms with Crippen LogP contribution in [0.3, 0.4) is 0 Å². The van der Waals surface area contributed by atoms with E-state index in [4.69, 9.17) is 27.9 Å². The average Bonchev–Trinajstić information content (AvgIpc) is 3.40. The van der Waals surface area contributed by atoms with Crippen LogP contribution in [0.1, 0.15) is 63.9 Å². The number of benzene rings is 1. The predicted octanol–water partition coefficient (Wildman–Crippen LogP) is 5.38. The largest absolute Gasteiger partial charge is 0.379 e. The fourth-order valence-electron chi connectivity index (χ4n) is 4.89. The molecule has 168 valence electrons. The Labute approximate surface area is 194 Å². The van der Waals surface area contributed by atoms with Crippen LogP contribution in [-0.2, 0) is 10.3 Å². The van der Waals surface area contributed by atoms with Crippen LogP contribution < -0.4 is 0 Å². The quantitative estimate of drug-likeness (QED) is 0.595. The number of nitrogens with zero attached hydrogens (tertiary/aromatic N) is 5. The normalized spacial score (nSPS) is 21.1. The Kier molecular flexibility index (Phi) is 6.73. The van der Waals surface area contributed by atoms with Crippen molar-refractivity contribution in [3.8, 4) is 0 Å². The van der Waals surface area contributed by atoms with E-state index in [2.05, 4.69) is 53.3 Å². The number of hydrogen-bond donors (Lipinski definition) is 0. The molecule has 4 rings (SSSR count). The van der Waals surface area contributed by atoms with Gasteiger partial charge in [-0.1, -0.05) is 75.0 Å². The summed E-state index contributed by atoms with van der Waals surface area (Å²) in [5.41, 5.74) is 0.714. The second kappa shape index (κ2) is 9.18. The van der Waals surface area contributed by atoms with Crippen LogP contribution in [0.4, 0.5) is 0 Å². The van der Waals surface area contributed by atoms with Gasteiger partial charge in [0.05, 0.1) is 24.8 Å². The molecule has 2 aliphatic rings. The number of aromatic nitrogens is 4. The highest BCUT2D eigenvalue weighted by Gasteiger charge is 2.47. The zero-order chi connectivity index (χ0) is 22.1. The maximum absolute atomic E-state index is 6.41. The first kappa shape index (κ1) is 22.7. The van der Waals surface area contributed by atoms with Gasteiger partial charge in [-0.2, -0.15) is 0 Å². The van der Waals surface area contributed by atoms with Crippen LogP contribution in [0, 0.1) is 5.41 Å². The summed E-state index contributed by atoms with van der Waals surface area (Å²) < 4.78 is 7.67. The Morgan fingerprint density at radius 1 is 1.13 bits per heavy atom. The number of rotatable bonds is 5. The number of hydrogen-bond acceptors (Lipinski definition) is 5. The first-order valence-corrected chi connectivity index (χ1v) is 11.8. The second-order valence-electron chi connectivity index (χ2n) is 9.62. The van der Waals surface area contributed by atoms with Gasteiger partial charge < -0.3 is 4.74 Å². The Balaban J connectivity index is 1.73. The third-order valence-electron chi connectivity index (χ3n) is 6.53. The molecule has 6 nitrogen and oxygen atoms in total. The number of halogens is 2. The van der Waals surface area contributed by atoms with E-state index in [9.17, 15) is 0 Å². The van der Waals surface area contributed by atoms with Crippen molar-refractivity contribution in [1.29, 1.82) is 0 Å². The fourth-order valence-corrected chi connectivity index (χ4v) is 5.36. The standard InChI is InChI=1S/C23H31Cl2N5O/c1-22(2,3)20(9-7-17-6-8-18(24)16-19(17)25)30-21(26-27-28-30)23(10-4-5-11-23)29-12-14-31-15-13-29/h6-9,16,20H,4-5,10-15H2,1-3H3/t20-/m1/s1. The molecule has 2 heterocycles. The van der Waals surface area contributed by atoms with Crippen LogP contribution in [-0.4, -0.2) is 51.4 Å². The highest BCUT2D eigenvalue weighted by molar-refractivity contribution is 6.35. The minimum absolute atomic E-state index is 0.0252. The number of ether oxygens (including phenoxy) is 1. The molecule has 0 bridgehead atoms. The van der Waals surface area contributed by atoms with Crippen molar-refractivity contribution in [1.82, 2.24) is 25.1 Å². The minimum Gasteiger partial charge on any atom is -0.379 e. The van der Waals surface area contributed by atoms with Crippen LogP contribution in [0.5, 0.6) is 0 Å². The summed E-state index contributed by atoms with van der Waals surface area (Å²) in [6, 6.07) is 5.53. The lowest BCUT2D eigenvalue weighted by Crippen LogP contribution is -2.51. The molecule has 0 radical (unpaired) electrons. The molecule has 31 heavy (non-hydrogen) atoms. The molecule has 1 aliphatic heterocycles. The lowest BCUT2D eigenvalue weighted by Gasteiger charge is -2.43. The molecule has 1 saturated carbocycles. The van der Waals surface area contributed by atoms with Crippen molar-refractivity contribution in [2.45, 2.75) is 58.0 Å². The van der Waals surface area contributed by atoms with Gasteiger partial charge >= 0.3 is 0 Å². The highest BCUT2D eigenvalue weighted by Crippen LogP contribution is 2.45. The molecule has 2 aromatic rings. The van der Waals surface area contributed by atoms with Gasteiger partial charge in [0.25, 0.3) is 0 Å². The summed E-state index contributed by atoms with van der Waals surface area (Å²) in [6.07, 6.45) is 8.77. The van der Waals surface area contributed by atoms with Crippen molar-refractivity contribution >= 4 is 29.3 Å². The zero-order valence-corrected chi connectivity index (χ0v) is 20.0. The Morgan fingerprint density at radius 3 is 2.48 bits per heavy atom. The van der Waals surface area contributed by atoms with Gasteiger partial charge in [-0.15, -0.1) is 5.10 Å². The van der Waals surface area contributed by atoms with E-state index in [-0.39, 0.29) is 17.0 Å². The van der Waals surface area contributed by atoms with Crippen molar-refractivity contribution in [3.05, 3.63) is 45.7 Å². The van der Waals surface area contributed by atoms with E-state index in [0.29, 0.717) is 10.0 Å². The molecule has 0 amide bonds.